The molecule has 0 aliphatic carbocycles. The smallest absolute Gasteiger partial charge is 0.341 e. The second-order valence-electron chi connectivity index (χ2n) is 8.36. The number of carbonyl (C=O) groups excluding carboxylic acids is 1. The Morgan fingerprint density at radius 2 is 2.06 bits per heavy atom. The Hall–Kier alpha value is -3.99. The number of aromatic carboxylic acids is 1. The van der Waals surface area contributed by atoms with Crippen LogP contribution in [-0.2, 0) is 11.2 Å². The normalized spacial score (nSPS) is 13.7. The molecular weight excluding hydrogens is 473 g/mol. The number of hydrogen-bond acceptors (Lipinski definition) is 8. The van der Waals surface area contributed by atoms with Crippen LogP contribution < -0.4 is 10.3 Å². The average Bonchev–Trinajstić information content (AvgIpc) is 3.32. The lowest BCUT2D eigenvalue weighted by Crippen LogP contribution is -2.51. The first-order valence-electron chi connectivity index (χ1n) is 10.9. The fourth-order valence-electron chi connectivity index (χ4n) is 4.19. The van der Waals surface area contributed by atoms with E-state index in [1.54, 1.807) is 24.6 Å². The molecule has 0 aromatic carbocycles. The van der Waals surface area contributed by atoms with Gasteiger partial charge in [-0.05, 0) is 37.1 Å². The molecule has 0 bridgehead atoms. The minimum atomic E-state index is -1.32. The molecule has 1 saturated heterocycles. The van der Waals surface area contributed by atoms with Crippen molar-refractivity contribution in [2.24, 2.45) is 5.92 Å². The summed E-state index contributed by atoms with van der Waals surface area (Å²) in [5.41, 5.74) is 0.221. The van der Waals surface area contributed by atoms with Crippen molar-refractivity contribution < 1.29 is 19.1 Å². The fraction of sp³-hybridized carbons (Fsp3) is 0.250. The Morgan fingerprint density at radius 3 is 2.74 bits per heavy atom. The molecule has 1 aliphatic rings. The van der Waals surface area contributed by atoms with Crippen molar-refractivity contribution in [2.75, 3.05) is 18.0 Å². The van der Waals surface area contributed by atoms with Gasteiger partial charge in [-0.25, -0.2) is 19.2 Å². The molecule has 0 radical (unpaired) electrons. The third-order valence-corrected chi connectivity index (χ3v) is 6.87. The maximum Gasteiger partial charge on any atom is 0.341 e. The molecule has 0 unspecified atom stereocenters. The SMILES string of the molecule is Cc1cc(N2CC(C(=O)CCc3ncccc3F)C2)nc2c1c(=O)c(C(=O)O)cn2-c1nccs1. The molecule has 0 spiro atoms. The van der Waals surface area contributed by atoms with Crippen LogP contribution in [0.1, 0.15) is 28.0 Å². The molecule has 11 heteroatoms. The Morgan fingerprint density at radius 1 is 1.26 bits per heavy atom. The summed E-state index contributed by atoms with van der Waals surface area (Å²) < 4.78 is 15.3. The van der Waals surface area contributed by atoms with E-state index >= 15 is 0 Å². The van der Waals surface area contributed by atoms with Crippen molar-refractivity contribution in [1.82, 2.24) is 19.5 Å². The zero-order valence-electron chi connectivity index (χ0n) is 18.6. The number of aryl methyl sites for hydroxylation is 2. The van der Waals surface area contributed by atoms with Crippen LogP contribution in [-0.4, -0.2) is 49.5 Å². The Kier molecular flexibility index (Phi) is 5.85. The second kappa shape index (κ2) is 8.99. The average molecular weight is 494 g/mol. The molecule has 4 aromatic heterocycles. The lowest BCUT2D eigenvalue weighted by atomic mass is 9.91. The molecule has 0 amide bonds. The van der Waals surface area contributed by atoms with Gasteiger partial charge < -0.3 is 10.0 Å². The highest BCUT2D eigenvalue weighted by atomic mass is 32.1. The van der Waals surface area contributed by atoms with Crippen molar-refractivity contribution in [1.29, 1.82) is 0 Å². The van der Waals surface area contributed by atoms with Crippen LogP contribution in [0.3, 0.4) is 0 Å². The zero-order chi connectivity index (χ0) is 24.7. The van der Waals surface area contributed by atoms with E-state index in [0.29, 0.717) is 35.2 Å². The number of thiazole rings is 1. The largest absolute Gasteiger partial charge is 0.477 e. The summed E-state index contributed by atoms with van der Waals surface area (Å²) in [6.45, 7) is 2.64. The number of aromatic nitrogens is 4. The van der Waals surface area contributed by atoms with Crippen molar-refractivity contribution in [2.45, 2.75) is 19.8 Å². The Bertz CT molecular complexity index is 1510. The van der Waals surface area contributed by atoms with Gasteiger partial charge in [-0.2, -0.15) is 0 Å². The predicted octanol–water partition coefficient (Wildman–Crippen LogP) is 3.02. The minimum Gasteiger partial charge on any atom is -0.477 e. The van der Waals surface area contributed by atoms with Crippen LogP contribution in [0, 0.1) is 18.7 Å². The summed E-state index contributed by atoms with van der Waals surface area (Å²) in [4.78, 5) is 52.0. The second-order valence-corrected chi connectivity index (χ2v) is 9.23. The number of ketones is 1. The Balaban J connectivity index is 1.40. The van der Waals surface area contributed by atoms with E-state index in [-0.39, 0.29) is 41.2 Å². The predicted molar refractivity (Wildman–Crippen MR) is 128 cm³/mol. The summed E-state index contributed by atoms with van der Waals surface area (Å²) in [6, 6.07) is 4.57. The van der Waals surface area contributed by atoms with Gasteiger partial charge in [-0.15, -0.1) is 11.3 Å². The number of carboxylic acid groups (broad SMARTS) is 1. The fourth-order valence-corrected chi connectivity index (χ4v) is 4.81. The first-order valence-corrected chi connectivity index (χ1v) is 11.8. The minimum absolute atomic E-state index is 0.0367. The molecule has 1 N–H and O–H groups in total. The molecule has 5 rings (SSSR count). The van der Waals surface area contributed by atoms with Gasteiger partial charge in [0.1, 0.15) is 23.0 Å². The number of carboxylic acids is 1. The first-order chi connectivity index (χ1) is 16.8. The van der Waals surface area contributed by atoms with Gasteiger partial charge in [-0.3, -0.25) is 19.1 Å². The number of fused-ring (bicyclic) bond motifs is 1. The maximum absolute atomic E-state index is 13.8. The molecule has 178 valence electrons. The van der Waals surface area contributed by atoms with Crippen LogP contribution in [0.4, 0.5) is 10.2 Å². The molecule has 1 fully saturated rings. The highest BCUT2D eigenvalue weighted by Gasteiger charge is 2.34. The number of halogens is 1. The van der Waals surface area contributed by atoms with Crippen molar-refractivity contribution in [3.8, 4) is 5.13 Å². The number of carbonyl (C=O) groups is 2. The van der Waals surface area contributed by atoms with Gasteiger partial charge in [0.05, 0.1) is 17.0 Å². The van der Waals surface area contributed by atoms with Gasteiger partial charge >= 0.3 is 5.97 Å². The Labute approximate surface area is 202 Å². The van der Waals surface area contributed by atoms with Gasteiger partial charge in [0, 0.05) is 43.5 Å². The van der Waals surface area contributed by atoms with Crippen LogP contribution in [0.2, 0.25) is 0 Å². The van der Waals surface area contributed by atoms with Gasteiger partial charge in [0.15, 0.2) is 10.8 Å². The molecule has 35 heavy (non-hydrogen) atoms. The highest BCUT2D eigenvalue weighted by Crippen LogP contribution is 2.29. The van der Waals surface area contributed by atoms with Gasteiger partial charge in [0.2, 0.25) is 5.43 Å². The third kappa shape index (κ3) is 4.18. The molecule has 1 aliphatic heterocycles. The summed E-state index contributed by atoms with van der Waals surface area (Å²) >= 11 is 1.29. The molecule has 5 heterocycles. The standard InChI is InChI=1S/C24H20FN5O4S/c1-13-9-19(29-10-14(11-29)18(31)5-4-17-16(25)3-2-6-26-17)28-22-20(13)21(32)15(23(33)34)12-30(22)24-27-7-8-35-24/h2-3,6-9,12,14H,4-5,10-11H2,1H3,(H,33,34). The van der Waals surface area contributed by atoms with E-state index in [0.717, 1.165) is 0 Å². The van der Waals surface area contributed by atoms with Gasteiger partial charge in [-0.1, -0.05) is 0 Å². The van der Waals surface area contributed by atoms with E-state index in [9.17, 15) is 23.9 Å². The van der Waals surface area contributed by atoms with E-state index in [4.69, 9.17) is 0 Å². The molecule has 0 saturated carbocycles. The van der Waals surface area contributed by atoms with Crippen molar-refractivity contribution in [3.05, 3.63) is 75.0 Å². The van der Waals surface area contributed by atoms with Crippen LogP contribution in [0.5, 0.6) is 0 Å². The third-order valence-electron chi connectivity index (χ3n) is 6.10. The lowest BCUT2D eigenvalue weighted by Gasteiger charge is -2.39. The van der Waals surface area contributed by atoms with Crippen LogP contribution in [0.15, 0.2) is 47.0 Å². The summed E-state index contributed by atoms with van der Waals surface area (Å²) in [5, 5.41) is 12.0. The molecule has 0 atom stereocenters. The molecular formula is C24H20FN5O4S. The van der Waals surface area contributed by atoms with E-state index in [1.165, 1.54) is 40.4 Å². The monoisotopic (exact) mass is 493 g/mol. The van der Waals surface area contributed by atoms with Crippen molar-refractivity contribution >= 4 is 39.9 Å². The summed E-state index contributed by atoms with van der Waals surface area (Å²) in [6.07, 6.45) is 4.80. The van der Waals surface area contributed by atoms with Crippen LogP contribution in [0.25, 0.3) is 16.2 Å². The molecule has 9 nitrogen and oxygen atoms in total. The lowest BCUT2D eigenvalue weighted by molar-refractivity contribution is -0.123. The zero-order valence-corrected chi connectivity index (χ0v) is 19.5. The summed E-state index contributed by atoms with van der Waals surface area (Å²) in [7, 11) is 0. The van der Waals surface area contributed by atoms with Gasteiger partial charge in [0.25, 0.3) is 0 Å². The molecule has 4 aromatic rings. The van der Waals surface area contributed by atoms with Crippen LogP contribution >= 0.6 is 11.3 Å². The number of anilines is 1. The number of hydrogen-bond donors (Lipinski definition) is 1. The number of pyridine rings is 3. The number of rotatable bonds is 7. The summed E-state index contributed by atoms with van der Waals surface area (Å²) in [5.74, 6) is -1.31. The quantitative estimate of drug-likeness (QED) is 0.417. The number of nitrogens with zero attached hydrogens (tertiary/aromatic N) is 5. The first kappa shape index (κ1) is 22.8. The highest BCUT2D eigenvalue weighted by molar-refractivity contribution is 7.12. The van der Waals surface area contributed by atoms with Crippen molar-refractivity contribution in [3.63, 3.8) is 0 Å². The topological polar surface area (TPSA) is 118 Å². The van der Waals surface area contributed by atoms with E-state index in [1.807, 2.05) is 4.90 Å². The van der Waals surface area contributed by atoms with E-state index in [2.05, 4.69) is 15.0 Å². The maximum atomic E-state index is 13.8. The number of Topliss-reactive ketones (excluding diaryl/α,β-unsaturated/α-hetero) is 1. The van der Waals surface area contributed by atoms with E-state index < -0.39 is 17.2 Å².